The van der Waals surface area contributed by atoms with Gasteiger partial charge in [0.1, 0.15) is 0 Å². The molecule has 2 aromatic heterocycles. The lowest BCUT2D eigenvalue weighted by atomic mass is 10.1. The Kier molecular flexibility index (Phi) is 3.92. The molecule has 0 spiro atoms. The average molecular weight is 313 g/mol. The molecule has 0 atom stereocenters. The molecule has 0 fully saturated rings. The summed E-state index contributed by atoms with van der Waals surface area (Å²) in [6.45, 7) is 1.13. The van der Waals surface area contributed by atoms with Gasteiger partial charge >= 0.3 is 5.69 Å². The molecular formula is C17H19N3O3. The van der Waals surface area contributed by atoms with Crippen LogP contribution in [0.5, 0.6) is 0 Å². The summed E-state index contributed by atoms with van der Waals surface area (Å²) in [5.74, 6) is 0. The Morgan fingerprint density at radius 1 is 1.04 bits per heavy atom. The maximum Gasteiger partial charge on any atom is 0.330 e. The van der Waals surface area contributed by atoms with Crippen LogP contribution < -0.4 is 11.2 Å². The summed E-state index contributed by atoms with van der Waals surface area (Å²) in [4.78, 5) is 24.9. The summed E-state index contributed by atoms with van der Waals surface area (Å²) >= 11 is 0. The van der Waals surface area contributed by atoms with Gasteiger partial charge in [-0.2, -0.15) is 0 Å². The third-order valence-corrected chi connectivity index (χ3v) is 4.10. The van der Waals surface area contributed by atoms with Crippen molar-refractivity contribution in [2.75, 3.05) is 13.7 Å². The number of benzene rings is 1. The molecular weight excluding hydrogens is 294 g/mol. The van der Waals surface area contributed by atoms with E-state index in [0.29, 0.717) is 24.1 Å². The SMILES string of the molecule is COCCn1cc2c(c1-c1ccccc1)c(=O)n(C)c(=O)n2C. The van der Waals surface area contributed by atoms with Crippen molar-refractivity contribution in [3.63, 3.8) is 0 Å². The Labute approximate surface area is 133 Å². The van der Waals surface area contributed by atoms with Crippen LogP contribution >= 0.6 is 0 Å². The number of aromatic nitrogens is 3. The zero-order valence-corrected chi connectivity index (χ0v) is 13.4. The normalized spacial score (nSPS) is 11.3. The van der Waals surface area contributed by atoms with E-state index in [1.807, 2.05) is 41.1 Å². The number of ether oxygens (including phenoxy) is 1. The van der Waals surface area contributed by atoms with Crippen LogP contribution in [0.2, 0.25) is 0 Å². The number of fused-ring (bicyclic) bond motifs is 1. The molecule has 0 bridgehead atoms. The predicted octanol–water partition coefficient (Wildman–Crippen LogP) is 1.35. The summed E-state index contributed by atoms with van der Waals surface area (Å²) < 4.78 is 9.80. The van der Waals surface area contributed by atoms with Gasteiger partial charge < -0.3 is 9.30 Å². The first-order chi connectivity index (χ1) is 11.1. The molecule has 23 heavy (non-hydrogen) atoms. The van der Waals surface area contributed by atoms with Crippen LogP contribution in [0.3, 0.4) is 0 Å². The van der Waals surface area contributed by atoms with Crippen LogP contribution in [-0.2, 0) is 25.4 Å². The van der Waals surface area contributed by atoms with Crippen molar-refractivity contribution in [3.8, 4) is 11.3 Å². The van der Waals surface area contributed by atoms with Gasteiger partial charge in [-0.15, -0.1) is 0 Å². The zero-order valence-electron chi connectivity index (χ0n) is 13.4. The molecule has 3 aromatic rings. The third-order valence-electron chi connectivity index (χ3n) is 4.10. The molecule has 0 saturated heterocycles. The molecule has 0 N–H and O–H groups in total. The number of hydrogen-bond donors (Lipinski definition) is 0. The largest absolute Gasteiger partial charge is 0.383 e. The second kappa shape index (κ2) is 5.89. The lowest BCUT2D eigenvalue weighted by Gasteiger charge is -2.09. The highest BCUT2D eigenvalue weighted by Crippen LogP contribution is 2.27. The third kappa shape index (κ3) is 2.41. The van der Waals surface area contributed by atoms with Crippen molar-refractivity contribution in [2.45, 2.75) is 6.54 Å². The number of methoxy groups -OCH3 is 1. The van der Waals surface area contributed by atoms with Gasteiger partial charge in [-0.1, -0.05) is 30.3 Å². The van der Waals surface area contributed by atoms with E-state index in [4.69, 9.17) is 4.74 Å². The van der Waals surface area contributed by atoms with Crippen molar-refractivity contribution in [2.24, 2.45) is 14.1 Å². The lowest BCUT2D eigenvalue weighted by Crippen LogP contribution is -2.36. The summed E-state index contributed by atoms with van der Waals surface area (Å²) in [6, 6.07) is 9.72. The minimum absolute atomic E-state index is 0.280. The first kappa shape index (κ1) is 15.3. The highest BCUT2D eigenvalue weighted by molar-refractivity contribution is 5.93. The van der Waals surface area contributed by atoms with Crippen LogP contribution in [0.25, 0.3) is 22.2 Å². The molecule has 0 unspecified atom stereocenters. The maximum atomic E-state index is 12.7. The molecule has 6 heteroatoms. The summed E-state index contributed by atoms with van der Waals surface area (Å²) in [5, 5.41) is 0.553. The molecule has 3 rings (SSSR count). The minimum Gasteiger partial charge on any atom is -0.383 e. The maximum absolute atomic E-state index is 12.7. The Bertz CT molecular complexity index is 965. The lowest BCUT2D eigenvalue weighted by molar-refractivity contribution is 0.188. The van der Waals surface area contributed by atoms with Crippen LogP contribution in [-0.4, -0.2) is 27.4 Å². The van der Waals surface area contributed by atoms with Gasteiger partial charge in [-0.25, -0.2) is 4.79 Å². The molecule has 0 amide bonds. The molecule has 0 aliphatic rings. The van der Waals surface area contributed by atoms with Gasteiger partial charge in [0.25, 0.3) is 5.56 Å². The van der Waals surface area contributed by atoms with E-state index in [1.54, 1.807) is 14.2 Å². The Balaban J connectivity index is 2.43. The second-order valence-electron chi connectivity index (χ2n) is 5.50. The predicted molar refractivity (Wildman–Crippen MR) is 89.7 cm³/mol. The fraction of sp³-hybridized carbons (Fsp3) is 0.294. The monoisotopic (exact) mass is 313 g/mol. The van der Waals surface area contributed by atoms with Gasteiger partial charge in [0.15, 0.2) is 0 Å². The summed E-state index contributed by atoms with van der Waals surface area (Å²) in [6.07, 6.45) is 1.85. The first-order valence-corrected chi connectivity index (χ1v) is 7.39. The van der Waals surface area contributed by atoms with E-state index in [-0.39, 0.29) is 11.2 Å². The van der Waals surface area contributed by atoms with Gasteiger partial charge in [0, 0.05) is 33.9 Å². The molecule has 0 aliphatic carbocycles. The number of aryl methyl sites for hydroxylation is 1. The summed E-state index contributed by atoms with van der Waals surface area (Å²) in [7, 11) is 4.82. The molecule has 0 radical (unpaired) electrons. The van der Waals surface area contributed by atoms with E-state index in [1.165, 1.54) is 11.6 Å². The van der Waals surface area contributed by atoms with E-state index in [9.17, 15) is 9.59 Å². The minimum atomic E-state index is -0.328. The molecule has 1 aromatic carbocycles. The van der Waals surface area contributed by atoms with Crippen molar-refractivity contribution in [1.29, 1.82) is 0 Å². The highest BCUT2D eigenvalue weighted by Gasteiger charge is 2.18. The van der Waals surface area contributed by atoms with E-state index in [2.05, 4.69) is 0 Å². The first-order valence-electron chi connectivity index (χ1n) is 7.39. The topological polar surface area (TPSA) is 58.2 Å². The fourth-order valence-electron chi connectivity index (χ4n) is 2.86. The van der Waals surface area contributed by atoms with E-state index < -0.39 is 0 Å². The Morgan fingerprint density at radius 2 is 1.74 bits per heavy atom. The molecule has 0 aliphatic heterocycles. The van der Waals surface area contributed by atoms with Gasteiger partial charge in [0.05, 0.1) is 23.2 Å². The Hall–Kier alpha value is -2.60. The second-order valence-corrected chi connectivity index (χ2v) is 5.50. The van der Waals surface area contributed by atoms with Crippen molar-refractivity contribution < 1.29 is 4.74 Å². The van der Waals surface area contributed by atoms with Crippen LogP contribution in [0.15, 0.2) is 46.1 Å². The fourth-order valence-corrected chi connectivity index (χ4v) is 2.86. The number of hydrogen-bond acceptors (Lipinski definition) is 3. The smallest absolute Gasteiger partial charge is 0.330 e. The molecule has 0 saturated carbocycles. The molecule has 2 heterocycles. The number of rotatable bonds is 4. The van der Waals surface area contributed by atoms with Gasteiger partial charge in [-0.05, 0) is 5.56 Å². The molecule has 120 valence electrons. The zero-order chi connectivity index (χ0) is 16.6. The van der Waals surface area contributed by atoms with Crippen LogP contribution in [0, 0.1) is 0 Å². The van der Waals surface area contributed by atoms with Gasteiger partial charge in [0.2, 0.25) is 0 Å². The standard InChI is InChI=1S/C17H19N3O3/c1-18-13-11-20(9-10-23-3)15(12-7-5-4-6-8-12)14(13)16(21)19(2)17(18)22/h4-8,11H,9-10H2,1-3H3. The van der Waals surface area contributed by atoms with Crippen molar-refractivity contribution in [1.82, 2.24) is 13.7 Å². The van der Waals surface area contributed by atoms with Crippen molar-refractivity contribution >= 4 is 10.9 Å². The van der Waals surface area contributed by atoms with Gasteiger partial charge in [-0.3, -0.25) is 13.9 Å². The van der Waals surface area contributed by atoms with E-state index >= 15 is 0 Å². The quantitative estimate of drug-likeness (QED) is 0.730. The summed E-state index contributed by atoms with van der Waals surface area (Å²) in [5.41, 5.74) is 1.78. The highest BCUT2D eigenvalue weighted by atomic mass is 16.5. The number of nitrogens with zero attached hydrogens (tertiary/aromatic N) is 3. The van der Waals surface area contributed by atoms with Crippen LogP contribution in [0.4, 0.5) is 0 Å². The van der Waals surface area contributed by atoms with E-state index in [0.717, 1.165) is 15.8 Å². The van der Waals surface area contributed by atoms with Crippen LogP contribution in [0.1, 0.15) is 0 Å². The average Bonchev–Trinajstić information content (AvgIpc) is 2.96. The van der Waals surface area contributed by atoms with Crippen molar-refractivity contribution in [3.05, 3.63) is 57.4 Å². The Morgan fingerprint density at radius 3 is 2.39 bits per heavy atom. The molecule has 6 nitrogen and oxygen atoms in total.